The molecule has 6 rings (SSSR count). The molecule has 0 fully saturated rings. The van der Waals surface area contributed by atoms with Gasteiger partial charge in [-0.05, 0) is 88.5 Å². The second kappa shape index (κ2) is 9.75. The zero-order chi connectivity index (χ0) is 25.4. The summed E-state index contributed by atoms with van der Waals surface area (Å²) >= 11 is 0. The van der Waals surface area contributed by atoms with Gasteiger partial charge in [0.2, 0.25) is 0 Å². The van der Waals surface area contributed by atoms with Crippen molar-refractivity contribution in [2.24, 2.45) is 0 Å². The lowest BCUT2D eigenvalue weighted by atomic mass is 9.95. The number of benzene rings is 3. The van der Waals surface area contributed by atoms with Gasteiger partial charge in [-0.2, -0.15) is 0 Å². The van der Waals surface area contributed by atoms with E-state index in [0.717, 1.165) is 42.4 Å². The third-order valence-corrected chi connectivity index (χ3v) is 7.57. The highest BCUT2D eigenvalue weighted by atomic mass is 16.1. The average molecular weight is 491 g/mol. The zero-order valence-electron chi connectivity index (χ0n) is 21.2. The Morgan fingerprint density at radius 3 is 2.54 bits per heavy atom. The molecule has 7 nitrogen and oxygen atoms in total. The zero-order valence-corrected chi connectivity index (χ0v) is 21.2. The fourth-order valence-corrected chi connectivity index (χ4v) is 5.38. The number of hydrogen-bond donors (Lipinski definition) is 1. The van der Waals surface area contributed by atoms with Gasteiger partial charge in [0, 0.05) is 30.7 Å². The van der Waals surface area contributed by atoms with Crippen LogP contribution in [0.3, 0.4) is 0 Å². The summed E-state index contributed by atoms with van der Waals surface area (Å²) in [4.78, 5) is 19.1. The van der Waals surface area contributed by atoms with Gasteiger partial charge >= 0.3 is 0 Å². The van der Waals surface area contributed by atoms with E-state index in [0.29, 0.717) is 17.9 Å². The van der Waals surface area contributed by atoms with E-state index >= 15 is 0 Å². The van der Waals surface area contributed by atoms with Crippen molar-refractivity contribution in [2.75, 3.05) is 6.54 Å². The molecule has 2 aromatic heterocycles. The standard InChI is InChI=1S/C30H30N6O/c1-20-16-25-18-26(30(37)31-27(25)17-21(20)2)28(35-14-13-23-10-6-7-11-24(23)19-35)29-32-33-34-36(29)15-12-22-8-4-3-5-9-22/h3-11,16-18,28H,12-15,19H2,1-2H3,(H,31,37)/t28-/m1/s1. The van der Waals surface area contributed by atoms with Crippen molar-refractivity contribution in [1.29, 1.82) is 0 Å². The molecule has 5 aromatic rings. The van der Waals surface area contributed by atoms with Gasteiger partial charge in [0.1, 0.15) is 6.04 Å². The monoisotopic (exact) mass is 490 g/mol. The van der Waals surface area contributed by atoms with Crippen molar-refractivity contribution in [2.45, 2.75) is 45.8 Å². The Morgan fingerprint density at radius 2 is 1.70 bits per heavy atom. The van der Waals surface area contributed by atoms with Gasteiger partial charge in [-0.3, -0.25) is 9.69 Å². The van der Waals surface area contributed by atoms with E-state index in [1.54, 1.807) is 0 Å². The Hall–Kier alpha value is -4.10. The molecule has 0 amide bonds. The summed E-state index contributed by atoms with van der Waals surface area (Å²) in [7, 11) is 0. The van der Waals surface area contributed by atoms with E-state index in [4.69, 9.17) is 0 Å². The second-order valence-corrected chi connectivity index (χ2v) is 9.97. The number of fused-ring (bicyclic) bond motifs is 2. The normalized spacial score (nSPS) is 14.5. The SMILES string of the molecule is Cc1cc2cc([C@H](c3nnnn3CCc3ccccc3)N3CCc4ccccc4C3)c(=O)[nH]c2cc1C. The van der Waals surface area contributed by atoms with Crippen LogP contribution in [0.25, 0.3) is 10.9 Å². The minimum Gasteiger partial charge on any atom is -0.322 e. The molecule has 37 heavy (non-hydrogen) atoms. The smallest absolute Gasteiger partial charge is 0.253 e. The molecular formula is C30H30N6O. The molecule has 7 heteroatoms. The van der Waals surface area contributed by atoms with E-state index < -0.39 is 0 Å². The van der Waals surface area contributed by atoms with Gasteiger partial charge in [0.15, 0.2) is 5.82 Å². The van der Waals surface area contributed by atoms with Gasteiger partial charge in [-0.15, -0.1) is 5.10 Å². The Morgan fingerprint density at radius 1 is 0.946 bits per heavy atom. The molecule has 0 aliphatic carbocycles. The van der Waals surface area contributed by atoms with E-state index in [1.807, 2.05) is 35.0 Å². The fraction of sp³-hybridized carbons (Fsp3) is 0.267. The number of aromatic nitrogens is 5. The highest BCUT2D eigenvalue weighted by Crippen LogP contribution is 2.32. The first-order chi connectivity index (χ1) is 18.1. The molecule has 0 saturated heterocycles. The third-order valence-electron chi connectivity index (χ3n) is 7.57. The molecule has 1 N–H and O–H groups in total. The first kappa shape index (κ1) is 23.3. The molecule has 1 atom stereocenters. The third kappa shape index (κ3) is 4.58. The molecule has 186 valence electrons. The second-order valence-electron chi connectivity index (χ2n) is 9.97. The number of nitrogens with zero attached hydrogens (tertiary/aromatic N) is 5. The van der Waals surface area contributed by atoms with Gasteiger partial charge in [-0.1, -0.05) is 54.6 Å². The predicted octanol–water partition coefficient (Wildman–Crippen LogP) is 4.52. The van der Waals surface area contributed by atoms with Crippen LogP contribution in [0.5, 0.6) is 0 Å². The van der Waals surface area contributed by atoms with Crippen molar-refractivity contribution >= 4 is 10.9 Å². The number of hydrogen-bond acceptors (Lipinski definition) is 5. The highest BCUT2D eigenvalue weighted by Gasteiger charge is 2.32. The van der Waals surface area contributed by atoms with Crippen LogP contribution in [-0.4, -0.2) is 36.6 Å². The first-order valence-electron chi connectivity index (χ1n) is 12.8. The summed E-state index contributed by atoms with van der Waals surface area (Å²) in [5.74, 6) is 0.698. The Bertz CT molecular complexity index is 1620. The molecule has 0 radical (unpaired) electrons. The summed E-state index contributed by atoms with van der Waals surface area (Å²) in [6.07, 6.45) is 1.73. The molecule has 0 saturated carbocycles. The maximum Gasteiger partial charge on any atom is 0.253 e. The Labute approximate surface area is 215 Å². The lowest BCUT2D eigenvalue weighted by Crippen LogP contribution is -2.38. The van der Waals surface area contributed by atoms with Crippen LogP contribution in [0.15, 0.2) is 77.6 Å². The van der Waals surface area contributed by atoms with Crippen LogP contribution in [-0.2, 0) is 25.9 Å². The molecule has 3 heterocycles. The number of aryl methyl sites for hydroxylation is 4. The van der Waals surface area contributed by atoms with Crippen LogP contribution in [0.2, 0.25) is 0 Å². The molecule has 0 unspecified atom stereocenters. The van der Waals surface area contributed by atoms with Gasteiger partial charge in [0.05, 0.1) is 0 Å². The minimum absolute atomic E-state index is 0.0998. The summed E-state index contributed by atoms with van der Waals surface area (Å²) < 4.78 is 1.86. The van der Waals surface area contributed by atoms with E-state index in [-0.39, 0.29) is 11.6 Å². The average Bonchev–Trinajstić information content (AvgIpc) is 3.38. The van der Waals surface area contributed by atoms with Crippen LogP contribution >= 0.6 is 0 Å². The van der Waals surface area contributed by atoms with Crippen molar-refractivity contribution in [3.63, 3.8) is 0 Å². The van der Waals surface area contributed by atoms with Crippen molar-refractivity contribution in [3.8, 4) is 0 Å². The maximum atomic E-state index is 13.6. The van der Waals surface area contributed by atoms with E-state index in [9.17, 15) is 4.79 Å². The number of rotatable bonds is 6. The number of H-pyrrole nitrogens is 1. The van der Waals surface area contributed by atoms with Crippen LogP contribution < -0.4 is 5.56 Å². The van der Waals surface area contributed by atoms with Crippen molar-refractivity contribution in [3.05, 3.63) is 122 Å². The largest absolute Gasteiger partial charge is 0.322 e. The summed E-state index contributed by atoms with van der Waals surface area (Å²) in [6, 6.07) is 24.7. The minimum atomic E-state index is -0.367. The topological polar surface area (TPSA) is 79.7 Å². The Balaban J connectivity index is 1.44. The molecule has 1 aliphatic rings. The van der Waals surface area contributed by atoms with Gasteiger partial charge in [-0.25, -0.2) is 4.68 Å². The summed E-state index contributed by atoms with van der Waals surface area (Å²) in [5.41, 5.74) is 7.64. The number of pyridine rings is 1. The van der Waals surface area contributed by atoms with Crippen molar-refractivity contribution < 1.29 is 0 Å². The quantitative estimate of drug-likeness (QED) is 0.379. The molecule has 0 spiro atoms. The first-order valence-corrected chi connectivity index (χ1v) is 12.8. The lowest BCUT2D eigenvalue weighted by Gasteiger charge is -2.34. The number of aromatic amines is 1. The van der Waals surface area contributed by atoms with Gasteiger partial charge in [0.25, 0.3) is 5.56 Å². The fourth-order valence-electron chi connectivity index (χ4n) is 5.38. The highest BCUT2D eigenvalue weighted by molar-refractivity contribution is 5.81. The Kier molecular flexibility index (Phi) is 6.14. The molecule has 3 aromatic carbocycles. The lowest BCUT2D eigenvalue weighted by molar-refractivity contribution is 0.193. The molecular weight excluding hydrogens is 460 g/mol. The number of tetrazole rings is 1. The number of nitrogens with one attached hydrogen (secondary N) is 1. The predicted molar refractivity (Wildman–Crippen MR) is 144 cm³/mol. The summed E-state index contributed by atoms with van der Waals surface area (Å²) in [6.45, 7) is 6.35. The van der Waals surface area contributed by atoms with Crippen molar-refractivity contribution in [1.82, 2.24) is 30.1 Å². The molecule has 0 bridgehead atoms. The van der Waals surface area contributed by atoms with Crippen LogP contribution in [0, 0.1) is 13.8 Å². The molecule has 1 aliphatic heterocycles. The van der Waals surface area contributed by atoms with E-state index in [1.165, 1.54) is 22.3 Å². The van der Waals surface area contributed by atoms with Crippen LogP contribution in [0.4, 0.5) is 0 Å². The van der Waals surface area contributed by atoms with Crippen LogP contribution in [0.1, 0.15) is 45.2 Å². The summed E-state index contributed by atoms with van der Waals surface area (Å²) in [5, 5.41) is 13.9. The van der Waals surface area contributed by atoms with Gasteiger partial charge < -0.3 is 4.98 Å². The van der Waals surface area contributed by atoms with E-state index in [2.05, 4.69) is 81.7 Å². The maximum absolute atomic E-state index is 13.6.